The Morgan fingerprint density at radius 3 is 2.95 bits per heavy atom. The zero-order valence-electron chi connectivity index (χ0n) is 10.6. The Morgan fingerprint density at radius 2 is 2.35 bits per heavy atom. The number of carboxylic acid groups (broad SMARTS) is 1. The van der Waals surface area contributed by atoms with Crippen LogP contribution in [0.3, 0.4) is 0 Å². The van der Waals surface area contributed by atoms with Crippen LogP contribution < -0.4 is 0 Å². The molecule has 8 nitrogen and oxygen atoms in total. The first-order chi connectivity index (χ1) is 9.60. The summed E-state index contributed by atoms with van der Waals surface area (Å²) in [4.78, 5) is 14.9. The van der Waals surface area contributed by atoms with Crippen molar-refractivity contribution in [1.29, 1.82) is 0 Å². The zero-order valence-corrected chi connectivity index (χ0v) is 12.2. The normalized spacial score (nSPS) is 12.3. The van der Waals surface area contributed by atoms with Gasteiger partial charge in [0.2, 0.25) is 5.82 Å². The zero-order chi connectivity index (χ0) is 14.5. The highest BCUT2D eigenvalue weighted by atomic mass is 79.9. The van der Waals surface area contributed by atoms with Crippen molar-refractivity contribution in [1.82, 2.24) is 25.2 Å². The van der Waals surface area contributed by atoms with Crippen LogP contribution >= 0.6 is 15.9 Å². The molecule has 0 radical (unpaired) electrons. The van der Waals surface area contributed by atoms with Crippen molar-refractivity contribution in [3.8, 4) is 11.5 Å². The maximum atomic E-state index is 10.7. The number of nitrogens with zero attached hydrogens (tertiary/aromatic N) is 5. The second kappa shape index (κ2) is 6.53. The maximum Gasteiger partial charge on any atom is 0.306 e. The van der Waals surface area contributed by atoms with E-state index in [0.29, 0.717) is 11.5 Å². The van der Waals surface area contributed by atoms with Crippen molar-refractivity contribution in [2.24, 2.45) is 0 Å². The minimum Gasteiger partial charge on any atom is -0.481 e. The summed E-state index contributed by atoms with van der Waals surface area (Å²) in [6.45, 7) is 0.239. The van der Waals surface area contributed by atoms with Gasteiger partial charge in [0.15, 0.2) is 0 Å². The molecule has 0 spiro atoms. The molecule has 0 amide bonds. The van der Waals surface area contributed by atoms with E-state index >= 15 is 0 Å². The van der Waals surface area contributed by atoms with Gasteiger partial charge in [0.05, 0.1) is 19.1 Å². The molecule has 106 valence electrons. The van der Waals surface area contributed by atoms with Gasteiger partial charge in [-0.05, 0) is 38.5 Å². The lowest BCUT2D eigenvalue weighted by molar-refractivity contribution is -0.139. The molecule has 0 aliphatic carbocycles. The molecule has 2 rings (SSSR count). The summed E-state index contributed by atoms with van der Waals surface area (Å²) in [6.07, 6.45) is 1.01. The number of tetrazole rings is 1. The molecule has 1 N–H and O–H groups in total. The number of aromatic nitrogens is 5. The summed E-state index contributed by atoms with van der Waals surface area (Å²) < 4.78 is 7.45. The minimum absolute atomic E-state index is 0.121. The van der Waals surface area contributed by atoms with Crippen LogP contribution in [0, 0.1) is 0 Å². The summed E-state index contributed by atoms with van der Waals surface area (Å²) in [5, 5.41) is 20.1. The lowest BCUT2D eigenvalue weighted by Crippen LogP contribution is -2.23. The monoisotopic (exact) mass is 341 g/mol. The Morgan fingerprint density at radius 1 is 1.55 bits per heavy atom. The number of hydrogen-bond donors (Lipinski definition) is 1. The average molecular weight is 342 g/mol. The first-order valence-corrected chi connectivity index (χ1v) is 6.52. The summed E-state index contributed by atoms with van der Waals surface area (Å²) in [6, 6.07) is 3.59. The maximum absolute atomic E-state index is 10.7. The summed E-state index contributed by atoms with van der Waals surface area (Å²) in [5.41, 5.74) is 0.600. The smallest absolute Gasteiger partial charge is 0.306 e. The van der Waals surface area contributed by atoms with E-state index in [1.54, 1.807) is 12.3 Å². The van der Waals surface area contributed by atoms with Gasteiger partial charge in [-0.1, -0.05) is 0 Å². The molecule has 0 aromatic carbocycles. The van der Waals surface area contributed by atoms with Gasteiger partial charge < -0.3 is 9.84 Å². The third kappa shape index (κ3) is 3.58. The molecule has 0 aliphatic rings. The van der Waals surface area contributed by atoms with Crippen LogP contribution in [0.15, 0.2) is 22.8 Å². The van der Waals surface area contributed by atoms with E-state index in [4.69, 9.17) is 9.84 Å². The number of methoxy groups -OCH3 is 1. The lowest BCUT2D eigenvalue weighted by atomic mass is 10.2. The predicted molar refractivity (Wildman–Crippen MR) is 71.8 cm³/mol. The van der Waals surface area contributed by atoms with Gasteiger partial charge in [-0.3, -0.25) is 9.78 Å². The number of halogens is 1. The molecule has 9 heteroatoms. The van der Waals surface area contributed by atoms with Crippen LogP contribution in [-0.2, 0) is 16.1 Å². The highest BCUT2D eigenvalue weighted by Gasteiger charge is 2.17. The van der Waals surface area contributed by atoms with Crippen molar-refractivity contribution in [2.75, 3.05) is 7.11 Å². The molecule has 2 aromatic rings. The van der Waals surface area contributed by atoms with Gasteiger partial charge in [-0.15, -0.1) is 5.10 Å². The molecule has 2 aromatic heterocycles. The third-order valence-corrected chi connectivity index (χ3v) is 3.07. The highest BCUT2D eigenvalue weighted by molar-refractivity contribution is 9.10. The van der Waals surface area contributed by atoms with Crippen molar-refractivity contribution in [2.45, 2.75) is 19.1 Å². The minimum atomic E-state index is -0.937. The fourth-order valence-electron chi connectivity index (χ4n) is 1.63. The van der Waals surface area contributed by atoms with Gasteiger partial charge >= 0.3 is 5.97 Å². The van der Waals surface area contributed by atoms with E-state index in [0.717, 1.165) is 4.47 Å². The molecule has 0 fully saturated rings. The van der Waals surface area contributed by atoms with Crippen LogP contribution in [-0.4, -0.2) is 49.5 Å². The van der Waals surface area contributed by atoms with E-state index in [-0.39, 0.29) is 13.0 Å². The molecule has 0 saturated heterocycles. The fraction of sp³-hybridized carbons (Fsp3) is 0.364. The van der Waals surface area contributed by atoms with E-state index in [2.05, 4.69) is 36.4 Å². The number of hydrogen-bond acceptors (Lipinski definition) is 6. The van der Waals surface area contributed by atoms with Gasteiger partial charge in [0.25, 0.3) is 0 Å². The molecular weight excluding hydrogens is 330 g/mol. The first-order valence-electron chi connectivity index (χ1n) is 5.73. The van der Waals surface area contributed by atoms with Gasteiger partial charge in [0, 0.05) is 17.8 Å². The molecule has 1 atom stereocenters. The highest BCUT2D eigenvalue weighted by Crippen LogP contribution is 2.16. The van der Waals surface area contributed by atoms with Crippen molar-refractivity contribution in [3.63, 3.8) is 0 Å². The van der Waals surface area contributed by atoms with Crippen molar-refractivity contribution >= 4 is 21.9 Å². The predicted octanol–water partition coefficient (Wildman–Crippen LogP) is 0.987. The Kier molecular flexibility index (Phi) is 4.74. The molecule has 0 bridgehead atoms. The number of rotatable bonds is 6. The molecule has 0 aliphatic heterocycles. The Bertz CT molecular complexity index is 586. The molecule has 0 saturated carbocycles. The van der Waals surface area contributed by atoms with Gasteiger partial charge in [-0.2, -0.15) is 0 Å². The van der Waals surface area contributed by atoms with E-state index < -0.39 is 12.1 Å². The number of carbonyl (C=O) groups is 1. The molecular formula is C11H12BrN5O3. The van der Waals surface area contributed by atoms with E-state index in [1.165, 1.54) is 11.8 Å². The summed E-state index contributed by atoms with van der Waals surface area (Å²) >= 11 is 3.30. The van der Waals surface area contributed by atoms with E-state index in [1.807, 2.05) is 6.07 Å². The van der Waals surface area contributed by atoms with Crippen LogP contribution in [0.4, 0.5) is 0 Å². The largest absolute Gasteiger partial charge is 0.481 e. The average Bonchev–Trinajstić information content (AvgIpc) is 2.86. The standard InChI is InChI=1S/C11H12BrN5O3/c1-20-8(4-10(18)19)6-17-11(14-15-16-17)9-3-2-7(12)5-13-9/h2-3,5,8H,4,6H2,1H3,(H,18,19). The SMILES string of the molecule is COC(CC(=O)O)Cn1nnnc1-c1ccc(Br)cn1. The van der Waals surface area contributed by atoms with Crippen LogP contribution in [0.5, 0.6) is 0 Å². The second-order valence-corrected chi connectivity index (χ2v) is 4.92. The first kappa shape index (κ1) is 14.5. The number of carboxylic acids is 1. The Balaban J connectivity index is 2.19. The molecule has 20 heavy (non-hydrogen) atoms. The topological polar surface area (TPSA) is 103 Å². The second-order valence-electron chi connectivity index (χ2n) is 4.00. The van der Waals surface area contributed by atoms with Crippen LogP contribution in [0.2, 0.25) is 0 Å². The lowest BCUT2D eigenvalue weighted by Gasteiger charge is -2.13. The quantitative estimate of drug-likeness (QED) is 0.835. The number of aliphatic carboxylic acids is 1. The van der Waals surface area contributed by atoms with E-state index in [9.17, 15) is 4.79 Å². The Hall–Kier alpha value is -1.87. The number of pyridine rings is 1. The van der Waals surface area contributed by atoms with Crippen molar-refractivity contribution < 1.29 is 14.6 Å². The molecule has 1 unspecified atom stereocenters. The van der Waals surface area contributed by atoms with Gasteiger partial charge in [0.1, 0.15) is 5.69 Å². The van der Waals surface area contributed by atoms with Gasteiger partial charge in [-0.25, -0.2) is 4.68 Å². The number of ether oxygens (including phenoxy) is 1. The van der Waals surface area contributed by atoms with Crippen LogP contribution in [0.25, 0.3) is 11.5 Å². The summed E-state index contributed by atoms with van der Waals surface area (Å²) in [7, 11) is 1.45. The van der Waals surface area contributed by atoms with Crippen molar-refractivity contribution in [3.05, 3.63) is 22.8 Å². The fourth-order valence-corrected chi connectivity index (χ4v) is 1.86. The third-order valence-electron chi connectivity index (χ3n) is 2.60. The Labute approximate surface area is 122 Å². The molecule has 2 heterocycles. The summed E-state index contributed by atoms with van der Waals surface area (Å²) in [5.74, 6) is -0.474. The van der Waals surface area contributed by atoms with Crippen LogP contribution in [0.1, 0.15) is 6.42 Å².